The zero-order valence-corrected chi connectivity index (χ0v) is 23.6. The van der Waals surface area contributed by atoms with Crippen molar-refractivity contribution in [2.75, 3.05) is 0 Å². The van der Waals surface area contributed by atoms with Crippen LogP contribution in [0.3, 0.4) is 0 Å². The monoisotopic (exact) mass is 628 g/mol. The fourth-order valence-corrected chi connectivity index (χ4v) is 5.72. The van der Waals surface area contributed by atoms with Crippen molar-refractivity contribution in [2.45, 2.75) is 10.7 Å². The molecule has 6 aromatic carbocycles. The van der Waals surface area contributed by atoms with Crippen molar-refractivity contribution in [3.63, 3.8) is 0 Å². The Morgan fingerprint density at radius 2 is 0.816 bits per heavy atom. The van der Waals surface area contributed by atoms with Gasteiger partial charge in [0.25, 0.3) is 0 Å². The van der Waals surface area contributed by atoms with Gasteiger partial charge in [-0.1, -0.05) is 129 Å². The molecule has 0 atom stereocenters. The van der Waals surface area contributed by atoms with Crippen LogP contribution in [0.2, 0.25) is 0 Å². The van der Waals surface area contributed by atoms with Crippen molar-refractivity contribution >= 4 is 53.4 Å². The van der Waals surface area contributed by atoms with E-state index in [-0.39, 0.29) is 11.6 Å². The van der Waals surface area contributed by atoms with Crippen LogP contribution in [0, 0.1) is 11.6 Å². The van der Waals surface area contributed by atoms with E-state index >= 15 is 0 Å². The molecule has 0 nitrogen and oxygen atoms in total. The molecule has 0 bridgehead atoms. The molecule has 0 saturated heterocycles. The largest absolute Gasteiger partial charge is 0.207 e. The van der Waals surface area contributed by atoms with E-state index in [1.807, 2.05) is 72.8 Å². The predicted octanol–water partition coefficient (Wildman–Crippen LogP) is 11.1. The lowest BCUT2D eigenvalue weighted by molar-refractivity contribution is 0.629. The number of fused-ring (bicyclic) bond motifs is 2. The van der Waals surface area contributed by atoms with Crippen molar-refractivity contribution in [3.8, 4) is 22.3 Å². The van der Waals surface area contributed by atoms with Gasteiger partial charge in [-0.15, -0.1) is 0 Å². The summed E-state index contributed by atoms with van der Waals surface area (Å²) < 4.78 is 27.1. The van der Waals surface area contributed by atoms with Crippen LogP contribution in [0.4, 0.5) is 8.78 Å². The van der Waals surface area contributed by atoms with Gasteiger partial charge in [0, 0.05) is 10.7 Å². The van der Waals surface area contributed by atoms with Crippen LogP contribution in [0.5, 0.6) is 0 Å². The average Bonchev–Trinajstić information content (AvgIpc) is 2.97. The molecule has 0 aliphatic carbocycles. The lowest BCUT2D eigenvalue weighted by atomic mass is 9.95. The van der Waals surface area contributed by atoms with Crippen LogP contribution >= 0.6 is 31.9 Å². The van der Waals surface area contributed by atoms with E-state index in [2.05, 4.69) is 56.1 Å². The molecule has 0 saturated carbocycles. The molecule has 0 unspecified atom stereocenters. The number of benzene rings is 6. The van der Waals surface area contributed by atoms with Gasteiger partial charge in [-0.2, -0.15) is 0 Å². The van der Waals surface area contributed by atoms with Crippen LogP contribution in [-0.2, 0) is 10.7 Å². The second-order valence-electron chi connectivity index (χ2n) is 8.92. The minimum atomic E-state index is -0.198. The lowest BCUT2D eigenvalue weighted by Crippen LogP contribution is -1.87. The van der Waals surface area contributed by atoms with Gasteiger partial charge in [-0.3, -0.25) is 0 Å². The third-order valence-corrected chi connectivity index (χ3v) is 7.80. The quantitative estimate of drug-likeness (QED) is 0.170. The maximum Gasteiger partial charge on any atom is 0.123 e. The lowest BCUT2D eigenvalue weighted by Gasteiger charge is -2.10. The predicted molar refractivity (Wildman–Crippen MR) is 164 cm³/mol. The topological polar surface area (TPSA) is 0 Å². The van der Waals surface area contributed by atoms with E-state index in [0.29, 0.717) is 0 Å². The molecular weight excluding hydrogens is 606 g/mol. The van der Waals surface area contributed by atoms with Crippen molar-refractivity contribution < 1.29 is 8.78 Å². The summed E-state index contributed by atoms with van der Waals surface area (Å²) >= 11 is 6.97. The minimum Gasteiger partial charge on any atom is -0.207 e. The third kappa shape index (κ3) is 5.57. The first-order valence-corrected chi connectivity index (χ1v) is 14.5. The van der Waals surface area contributed by atoms with Crippen LogP contribution in [-0.4, -0.2) is 0 Å². The Labute approximate surface area is 238 Å². The number of hydrogen-bond donors (Lipinski definition) is 0. The highest BCUT2D eigenvalue weighted by atomic mass is 79.9. The molecule has 0 radical (unpaired) electrons. The van der Waals surface area contributed by atoms with Crippen LogP contribution in [0.1, 0.15) is 11.1 Å². The zero-order valence-electron chi connectivity index (χ0n) is 20.5. The first-order valence-electron chi connectivity index (χ1n) is 12.2. The number of alkyl halides is 2. The molecule has 6 aromatic rings. The molecule has 0 amide bonds. The Kier molecular flexibility index (Phi) is 8.31. The normalized spacial score (nSPS) is 10.8. The first kappa shape index (κ1) is 26.3. The van der Waals surface area contributed by atoms with E-state index in [9.17, 15) is 8.78 Å². The number of halogens is 4. The molecule has 4 heteroatoms. The second kappa shape index (κ2) is 12.0. The molecule has 0 aromatic heterocycles. The fourth-order valence-electron chi connectivity index (χ4n) is 4.74. The van der Waals surface area contributed by atoms with Crippen molar-refractivity contribution in [1.82, 2.24) is 0 Å². The smallest absolute Gasteiger partial charge is 0.123 e. The SMILES string of the molecule is Fc1ccc2c(CBr)ccc(-c3ccccc3)c2c1.Fc1ccc2c(CBr)ccc(-c3ccccc3)c2c1. The second-order valence-corrected chi connectivity index (χ2v) is 10.0. The van der Waals surface area contributed by atoms with E-state index in [0.717, 1.165) is 54.5 Å². The molecule has 0 fully saturated rings. The Bertz CT molecular complexity index is 1570. The summed E-state index contributed by atoms with van der Waals surface area (Å²) in [6, 6.07) is 38.5. The Balaban J connectivity index is 0.000000155. The maximum atomic E-state index is 13.6. The molecular formula is C34H24Br2F2. The van der Waals surface area contributed by atoms with Crippen molar-refractivity contribution in [2.24, 2.45) is 0 Å². The summed E-state index contributed by atoms with van der Waals surface area (Å²) in [5.74, 6) is -0.396. The molecule has 6 rings (SSSR count). The molecule has 0 aliphatic rings. The molecule has 188 valence electrons. The van der Waals surface area contributed by atoms with Gasteiger partial charge in [0.2, 0.25) is 0 Å². The maximum absolute atomic E-state index is 13.6. The highest BCUT2D eigenvalue weighted by molar-refractivity contribution is 9.08. The van der Waals surface area contributed by atoms with Gasteiger partial charge in [0.15, 0.2) is 0 Å². The highest BCUT2D eigenvalue weighted by Gasteiger charge is 2.09. The molecule has 0 N–H and O–H groups in total. The average molecular weight is 630 g/mol. The van der Waals surface area contributed by atoms with E-state index in [1.165, 1.54) is 23.3 Å². The summed E-state index contributed by atoms with van der Waals surface area (Å²) in [4.78, 5) is 0. The first-order chi connectivity index (χ1) is 18.6. The van der Waals surface area contributed by atoms with E-state index < -0.39 is 0 Å². The van der Waals surface area contributed by atoms with Crippen molar-refractivity contribution in [1.29, 1.82) is 0 Å². The van der Waals surface area contributed by atoms with E-state index in [4.69, 9.17) is 0 Å². The van der Waals surface area contributed by atoms with Gasteiger partial charge in [0.05, 0.1) is 0 Å². The number of hydrogen-bond acceptors (Lipinski definition) is 0. The van der Waals surface area contributed by atoms with Gasteiger partial charge < -0.3 is 0 Å². The van der Waals surface area contributed by atoms with Crippen molar-refractivity contribution in [3.05, 3.63) is 144 Å². The van der Waals surface area contributed by atoms with Crippen LogP contribution in [0.15, 0.2) is 121 Å². The third-order valence-electron chi connectivity index (χ3n) is 6.60. The van der Waals surface area contributed by atoms with Gasteiger partial charge in [0.1, 0.15) is 11.6 Å². The van der Waals surface area contributed by atoms with Gasteiger partial charge >= 0.3 is 0 Å². The van der Waals surface area contributed by atoms with Gasteiger partial charge in [-0.25, -0.2) is 8.78 Å². The van der Waals surface area contributed by atoms with Gasteiger partial charge in [-0.05, 0) is 79.2 Å². The number of rotatable bonds is 4. The highest BCUT2D eigenvalue weighted by Crippen LogP contribution is 2.33. The van der Waals surface area contributed by atoms with Crippen LogP contribution in [0.25, 0.3) is 43.8 Å². The standard InChI is InChI=1S/2C17H12BrF/c2*18-11-13-6-8-15(12-4-2-1-3-5-12)17-10-14(19)7-9-16(13)17/h2*1-10H,11H2. The summed E-state index contributed by atoms with van der Waals surface area (Å²) in [6.45, 7) is 0. The Morgan fingerprint density at radius 3 is 1.18 bits per heavy atom. The fraction of sp³-hybridized carbons (Fsp3) is 0.0588. The molecule has 0 spiro atoms. The summed E-state index contributed by atoms with van der Waals surface area (Å²) in [6.07, 6.45) is 0. The zero-order chi connectivity index (χ0) is 26.5. The molecule has 38 heavy (non-hydrogen) atoms. The summed E-state index contributed by atoms with van der Waals surface area (Å²) in [5, 5.41) is 5.65. The molecule has 0 aliphatic heterocycles. The minimum absolute atomic E-state index is 0.198. The van der Waals surface area contributed by atoms with Crippen LogP contribution < -0.4 is 0 Å². The van der Waals surface area contributed by atoms with E-state index in [1.54, 1.807) is 12.1 Å². The summed E-state index contributed by atoms with van der Waals surface area (Å²) in [5.41, 5.74) is 6.71. The molecule has 0 heterocycles. The Morgan fingerprint density at radius 1 is 0.421 bits per heavy atom. The Hall–Kier alpha value is -3.34. The summed E-state index contributed by atoms with van der Waals surface area (Å²) in [7, 11) is 0.